The van der Waals surface area contributed by atoms with Crippen molar-refractivity contribution in [1.29, 1.82) is 0 Å². The minimum Gasteiger partial charge on any atom is -0.410 e. The molecular formula is C17H18BrNO2. The number of rotatable bonds is 3. The third kappa shape index (κ3) is 3.85. The summed E-state index contributed by atoms with van der Waals surface area (Å²) in [6.45, 7) is 5.92. The summed E-state index contributed by atoms with van der Waals surface area (Å²) in [5.41, 5.74) is 3.80. The first-order valence-electron chi connectivity index (χ1n) is 6.84. The maximum Gasteiger partial charge on any atom is 0.417 e. The molecule has 1 amide bonds. The van der Waals surface area contributed by atoms with E-state index in [-0.39, 0.29) is 0 Å². The predicted molar refractivity (Wildman–Crippen MR) is 89.1 cm³/mol. The lowest BCUT2D eigenvalue weighted by molar-refractivity contribution is 0.215. The Morgan fingerprint density at radius 3 is 2.62 bits per heavy atom. The van der Waals surface area contributed by atoms with Crippen LogP contribution in [0.3, 0.4) is 0 Å². The number of halogens is 1. The Bertz CT molecular complexity index is 668. The van der Waals surface area contributed by atoms with Gasteiger partial charge in [-0.1, -0.05) is 41.1 Å². The molecular weight excluding hydrogens is 330 g/mol. The Balaban J connectivity index is 2.14. The molecule has 0 aliphatic carbocycles. The number of hydrogen-bond donors (Lipinski definition) is 1. The molecule has 0 bridgehead atoms. The van der Waals surface area contributed by atoms with E-state index >= 15 is 0 Å². The number of nitrogens with one attached hydrogen (secondary N) is 1. The van der Waals surface area contributed by atoms with Gasteiger partial charge in [0.2, 0.25) is 0 Å². The molecule has 0 radical (unpaired) electrons. The van der Waals surface area contributed by atoms with Crippen LogP contribution in [0.2, 0.25) is 0 Å². The summed E-state index contributed by atoms with van der Waals surface area (Å²) in [5.74, 6) is 0.571. The Hall–Kier alpha value is -1.81. The van der Waals surface area contributed by atoms with E-state index in [1.54, 1.807) is 0 Å². The van der Waals surface area contributed by atoms with Gasteiger partial charge in [-0.3, -0.25) is 5.32 Å². The average molecular weight is 348 g/mol. The first-order chi connectivity index (χ1) is 10.0. The highest BCUT2D eigenvalue weighted by Gasteiger charge is 2.11. The molecule has 3 nitrogen and oxygen atoms in total. The fourth-order valence-electron chi connectivity index (χ4n) is 2.05. The molecule has 110 valence electrons. The van der Waals surface area contributed by atoms with Crippen LogP contribution in [0.25, 0.3) is 0 Å². The van der Waals surface area contributed by atoms with Crippen LogP contribution >= 0.6 is 15.9 Å². The number of carbonyl (C=O) groups is 1. The maximum absolute atomic E-state index is 12.1. The number of hydrogen-bond acceptors (Lipinski definition) is 2. The third-order valence-electron chi connectivity index (χ3n) is 3.29. The molecule has 0 saturated carbocycles. The van der Waals surface area contributed by atoms with Gasteiger partial charge in [-0.2, -0.15) is 0 Å². The smallest absolute Gasteiger partial charge is 0.410 e. The van der Waals surface area contributed by atoms with Crippen LogP contribution in [0.5, 0.6) is 5.75 Å². The van der Waals surface area contributed by atoms with Crippen molar-refractivity contribution >= 4 is 27.7 Å². The van der Waals surface area contributed by atoms with Gasteiger partial charge < -0.3 is 4.74 Å². The number of amides is 1. The lowest BCUT2D eigenvalue weighted by atomic mass is 10.1. The highest BCUT2D eigenvalue weighted by atomic mass is 79.9. The van der Waals surface area contributed by atoms with Crippen LogP contribution in [0.4, 0.5) is 10.5 Å². The van der Waals surface area contributed by atoms with Crippen molar-refractivity contribution in [2.24, 2.45) is 0 Å². The Kier molecular flexibility index (Phi) is 5.02. The normalized spacial score (nSPS) is 10.3. The topological polar surface area (TPSA) is 38.3 Å². The number of aryl methyl sites for hydroxylation is 3. The minimum atomic E-state index is -0.472. The fraction of sp³-hybridized carbons (Fsp3) is 0.235. The molecule has 4 heteroatoms. The minimum absolute atomic E-state index is 0.472. The van der Waals surface area contributed by atoms with Gasteiger partial charge in [-0.25, -0.2) is 4.79 Å². The molecule has 0 aliphatic rings. The van der Waals surface area contributed by atoms with E-state index in [0.717, 1.165) is 33.3 Å². The Morgan fingerprint density at radius 2 is 1.90 bits per heavy atom. The van der Waals surface area contributed by atoms with Crippen molar-refractivity contribution in [2.75, 3.05) is 5.32 Å². The number of anilines is 1. The van der Waals surface area contributed by atoms with Crippen LogP contribution < -0.4 is 10.1 Å². The standard InChI is InChI=1S/C17H18BrNO2/c1-4-13-7-5-6-8-15(13)19-17(20)21-16-10-11(2)14(18)9-12(16)3/h5-10H,4H2,1-3H3,(H,19,20). The Morgan fingerprint density at radius 1 is 1.19 bits per heavy atom. The van der Waals surface area contributed by atoms with Crippen molar-refractivity contribution in [1.82, 2.24) is 0 Å². The van der Waals surface area contributed by atoms with Crippen molar-refractivity contribution in [3.63, 3.8) is 0 Å². The zero-order valence-electron chi connectivity index (χ0n) is 12.4. The van der Waals surface area contributed by atoms with Crippen molar-refractivity contribution < 1.29 is 9.53 Å². The quantitative estimate of drug-likeness (QED) is 0.824. The number of benzene rings is 2. The SMILES string of the molecule is CCc1ccccc1NC(=O)Oc1cc(C)c(Br)cc1C. The molecule has 0 atom stereocenters. The summed E-state index contributed by atoms with van der Waals surface area (Å²) >= 11 is 3.46. The molecule has 2 aromatic rings. The van der Waals surface area contributed by atoms with E-state index in [4.69, 9.17) is 4.74 Å². The van der Waals surface area contributed by atoms with E-state index in [1.807, 2.05) is 57.2 Å². The first-order valence-corrected chi connectivity index (χ1v) is 7.64. The zero-order chi connectivity index (χ0) is 15.4. The highest BCUT2D eigenvalue weighted by molar-refractivity contribution is 9.10. The van der Waals surface area contributed by atoms with Crippen molar-refractivity contribution in [3.8, 4) is 5.75 Å². The van der Waals surface area contributed by atoms with Crippen LogP contribution in [0.15, 0.2) is 40.9 Å². The molecule has 21 heavy (non-hydrogen) atoms. The molecule has 0 heterocycles. The maximum atomic E-state index is 12.1. The fourth-order valence-corrected chi connectivity index (χ4v) is 2.51. The molecule has 0 spiro atoms. The monoisotopic (exact) mass is 347 g/mol. The van der Waals surface area contributed by atoms with E-state index in [9.17, 15) is 4.79 Å². The molecule has 0 saturated heterocycles. The second-order valence-electron chi connectivity index (χ2n) is 4.89. The van der Waals surface area contributed by atoms with Gasteiger partial charge in [-0.15, -0.1) is 0 Å². The van der Waals surface area contributed by atoms with Crippen LogP contribution in [0, 0.1) is 13.8 Å². The summed E-state index contributed by atoms with van der Waals surface area (Å²) in [7, 11) is 0. The number of carbonyl (C=O) groups excluding carboxylic acids is 1. The summed E-state index contributed by atoms with van der Waals surface area (Å²) in [4.78, 5) is 12.1. The van der Waals surface area contributed by atoms with Gasteiger partial charge in [0.05, 0.1) is 0 Å². The van der Waals surface area contributed by atoms with Crippen LogP contribution in [0.1, 0.15) is 23.6 Å². The molecule has 2 aromatic carbocycles. The van der Waals surface area contributed by atoms with Gasteiger partial charge in [0.25, 0.3) is 0 Å². The third-order valence-corrected chi connectivity index (χ3v) is 4.15. The van der Waals surface area contributed by atoms with Gasteiger partial charge in [0, 0.05) is 10.2 Å². The Labute approximate surface area is 133 Å². The van der Waals surface area contributed by atoms with Crippen molar-refractivity contribution in [3.05, 3.63) is 57.6 Å². The molecule has 0 unspecified atom stereocenters. The van der Waals surface area contributed by atoms with Crippen LogP contribution in [-0.4, -0.2) is 6.09 Å². The van der Waals surface area contributed by atoms with E-state index < -0.39 is 6.09 Å². The average Bonchev–Trinajstić information content (AvgIpc) is 2.45. The zero-order valence-corrected chi connectivity index (χ0v) is 14.0. The van der Waals surface area contributed by atoms with Gasteiger partial charge in [0.1, 0.15) is 5.75 Å². The lowest BCUT2D eigenvalue weighted by Crippen LogP contribution is -2.18. The van der Waals surface area contributed by atoms with Gasteiger partial charge in [0.15, 0.2) is 0 Å². The number of ether oxygens (including phenoxy) is 1. The lowest BCUT2D eigenvalue weighted by Gasteiger charge is -2.12. The molecule has 0 aliphatic heterocycles. The summed E-state index contributed by atoms with van der Waals surface area (Å²) < 4.78 is 6.42. The van der Waals surface area contributed by atoms with Gasteiger partial charge >= 0.3 is 6.09 Å². The second-order valence-corrected chi connectivity index (χ2v) is 5.75. The first kappa shape index (κ1) is 15.6. The van der Waals surface area contributed by atoms with E-state index in [0.29, 0.717) is 5.75 Å². The largest absolute Gasteiger partial charge is 0.417 e. The second kappa shape index (κ2) is 6.76. The molecule has 0 fully saturated rings. The predicted octanol–water partition coefficient (Wildman–Crippen LogP) is 5.24. The summed E-state index contributed by atoms with van der Waals surface area (Å²) in [5, 5.41) is 2.80. The summed E-state index contributed by atoms with van der Waals surface area (Å²) in [6.07, 6.45) is 0.382. The van der Waals surface area contributed by atoms with Crippen LogP contribution in [-0.2, 0) is 6.42 Å². The summed E-state index contributed by atoms with van der Waals surface area (Å²) in [6, 6.07) is 11.5. The number of para-hydroxylation sites is 1. The van der Waals surface area contributed by atoms with Gasteiger partial charge in [-0.05, 0) is 55.2 Å². The van der Waals surface area contributed by atoms with E-state index in [2.05, 4.69) is 21.2 Å². The molecule has 2 rings (SSSR count). The van der Waals surface area contributed by atoms with Crippen molar-refractivity contribution in [2.45, 2.75) is 27.2 Å². The highest BCUT2D eigenvalue weighted by Crippen LogP contribution is 2.26. The molecule has 0 aromatic heterocycles. The molecule has 1 N–H and O–H groups in total. The van der Waals surface area contributed by atoms with E-state index in [1.165, 1.54) is 0 Å².